The summed E-state index contributed by atoms with van der Waals surface area (Å²) in [5.74, 6) is 0.613. The summed E-state index contributed by atoms with van der Waals surface area (Å²) in [4.78, 5) is 0. The predicted molar refractivity (Wildman–Crippen MR) is 178 cm³/mol. The molecule has 0 saturated heterocycles. The molecule has 2 heteroatoms. The van der Waals surface area contributed by atoms with Gasteiger partial charge in [-0.3, -0.25) is 4.58 Å². The highest BCUT2D eigenvalue weighted by atomic mass is 15.4. The Balaban J connectivity index is 1.26. The van der Waals surface area contributed by atoms with Crippen molar-refractivity contribution in [3.63, 3.8) is 0 Å². The molecule has 8 aliphatic rings. The molecular weight excluding hydrogens is 556 g/mol. The van der Waals surface area contributed by atoms with Crippen LogP contribution in [0.1, 0.15) is 108 Å². The number of fused-ring (bicyclic) bond motifs is 8. The summed E-state index contributed by atoms with van der Waals surface area (Å²) >= 11 is 0. The first kappa shape index (κ1) is 23.3. The molecule has 5 aromatic carbocycles. The maximum atomic E-state index is 5.00. The van der Waals surface area contributed by atoms with Crippen LogP contribution in [0.5, 0.6) is 0 Å². The Labute approximate surface area is 268 Å². The molecule has 13 rings (SSSR count). The SMILES string of the molecule is C=C1C2c3ccccc3Cc3cc4c5c(c32)C23c6c(ccc7c6C(C6=CCC(=[N+]62)[C-]=[N+]13)c1ccccc1C7)C5c1ccccc1C4. The van der Waals surface area contributed by atoms with Crippen molar-refractivity contribution in [3.05, 3.63) is 198 Å². The Bertz CT molecular complexity index is 2520. The van der Waals surface area contributed by atoms with Crippen LogP contribution in [0.4, 0.5) is 0 Å². The van der Waals surface area contributed by atoms with Crippen molar-refractivity contribution in [2.75, 3.05) is 0 Å². The van der Waals surface area contributed by atoms with Crippen molar-refractivity contribution < 1.29 is 9.15 Å². The van der Waals surface area contributed by atoms with E-state index in [0.29, 0.717) is 0 Å². The molecule has 214 valence electrons. The maximum absolute atomic E-state index is 5.00. The highest BCUT2D eigenvalue weighted by molar-refractivity contribution is 6.28. The average molecular weight is 586 g/mol. The Morgan fingerprint density at radius 3 is 1.89 bits per heavy atom. The van der Waals surface area contributed by atoms with Crippen LogP contribution >= 0.6 is 0 Å². The molecule has 5 aromatic rings. The minimum Gasteiger partial charge on any atom is -0.287 e. The topological polar surface area (TPSA) is 6.02 Å². The molecule has 0 fully saturated rings. The third kappa shape index (κ3) is 2.24. The molecular formula is C44H29N2+. The second kappa shape index (κ2) is 7.32. The second-order valence-corrected chi connectivity index (χ2v) is 14.7. The second-order valence-electron chi connectivity index (χ2n) is 14.7. The van der Waals surface area contributed by atoms with Crippen molar-refractivity contribution in [1.29, 1.82) is 0 Å². The number of rotatable bonds is 0. The van der Waals surface area contributed by atoms with Gasteiger partial charge in [0.25, 0.3) is 0 Å². The molecule has 4 aliphatic heterocycles. The van der Waals surface area contributed by atoms with E-state index in [2.05, 4.69) is 112 Å². The molecule has 0 saturated carbocycles. The average Bonchev–Trinajstić information content (AvgIpc) is 3.67. The van der Waals surface area contributed by atoms with Crippen molar-refractivity contribution >= 4 is 11.9 Å². The van der Waals surface area contributed by atoms with E-state index >= 15 is 0 Å². The van der Waals surface area contributed by atoms with E-state index in [1.165, 1.54) is 83.9 Å². The molecule has 0 radical (unpaired) electrons. The van der Waals surface area contributed by atoms with Crippen LogP contribution < -0.4 is 0 Å². The van der Waals surface area contributed by atoms with E-state index in [0.717, 1.165) is 25.7 Å². The van der Waals surface area contributed by atoms with Crippen LogP contribution in [0.25, 0.3) is 0 Å². The molecule has 2 nitrogen and oxygen atoms in total. The lowest BCUT2D eigenvalue weighted by Gasteiger charge is -2.52. The van der Waals surface area contributed by atoms with Gasteiger partial charge in [-0.2, -0.15) is 0 Å². The summed E-state index contributed by atoms with van der Waals surface area (Å²) in [5, 5.41) is 0. The van der Waals surface area contributed by atoms with E-state index < -0.39 is 5.66 Å². The molecule has 0 N–H and O–H groups in total. The third-order valence-corrected chi connectivity index (χ3v) is 12.9. The fourth-order valence-corrected chi connectivity index (χ4v) is 11.5. The number of hydrogen-bond donors (Lipinski definition) is 0. The quantitative estimate of drug-likeness (QED) is 0.128. The van der Waals surface area contributed by atoms with Gasteiger partial charge < -0.3 is 0 Å². The summed E-state index contributed by atoms with van der Waals surface area (Å²) < 4.78 is 5.32. The molecule has 4 atom stereocenters. The number of allylic oxidation sites excluding steroid dienone is 3. The fourth-order valence-electron chi connectivity index (χ4n) is 11.5. The summed E-state index contributed by atoms with van der Waals surface area (Å²) in [7, 11) is 0. The fraction of sp³-hybridized carbons (Fsp3) is 0.182. The zero-order valence-corrected chi connectivity index (χ0v) is 25.4. The molecule has 4 aliphatic carbocycles. The first-order valence-electron chi connectivity index (χ1n) is 16.9. The van der Waals surface area contributed by atoms with E-state index in [1.54, 1.807) is 16.7 Å². The van der Waals surface area contributed by atoms with Gasteiger partial charge in [0, 0.05) is 24.0 Å². The molecule has 4 heterocycles. The molecule has 46 heavy (non-hydrogen) atoms. The predicted octanol–water partition coefficient (Wildman–Crippen LogP) is 7.61. The van der Waals surface area contributed by atoms with Gasteiger partial charge in [0.05, 0.1) is 5.92 Å². The van der Waals surface area contributed by atoms with Crippen LogP contribution in [-0.2, 0) is 24.9 Å². The summed E-state index contributed by atoms with van der Waals surface area (Å²) in [6, 6.07) is 35.3. The lowest BCUT2D eigenvalue weighted by Crippen LogP contribution is -2.58. The normalized spacial score (nSPS) is 26.4. The molecule has 0 amide bonds. The third-order valence-electron chi connectivity index (χ3n) is 12.9. The molecule has 0 bridgehead atoms. The van der Waals surface area contributed by atoms with Gasteiger partial charge in [0.1, 0.15) is 17.3 Å². The highest BCUT2D eigenvalue weighted by Crippen LogP contribution is 2.67. The zero-order chi connectivity index (χ0) is 29.6. The Kier molecular flexibility index (Phi) is 3.70. The summed E-state index contributed by atoms with van der Waals surface area (Å²) in [5.41, 5.74) is 26.0. The minimum atomic E-state index is -0.473. The lowest BCUT2D eigenvalue weighted by molar-refractivity contribution is -0.782. The molecule has 0 aromatic heterocycles. The Morgan fingerprint density at radius 1 is 0.587 bits per heavy atom. The van der Waals surface area contributed by atoms with E-state index in [1.807, 2.05) is 0 Å². The van der Waals surface area contributed by atoms with Gasteiger partial charge in [-0.25, -0.2) is 0 Å². The van der Waals surface area contributed by atoms with Gasteiger partial charge >= 0.3 is 5.66 Å². The first-order valence-corrected chi connectivity index (χ1v) is 16.9. The van der Waals surface area contributed by atoms with Gasteiger partial charge in [-0.05, 0) is 97.7 Å². The Morgan fingerprint density at radius 2 is 1.17 bits per heavy atom. The summed E-state index contributed by atoms with van der Waals surface area (Å²) in [6.07, 6.45) is 10.5. The minimum absolute atomic E-state index is 0.142. The van der Waals surface area contributed by atoms with E-state index in [-0.39, 0.29) is 17.8 Å². The molecule has 4 unspecified atom stereocenters. The van der Waals surface area contributed by atoms with E-state index in [9.17, 15) is 0 Å². The smallest absolute Gasteiger partial charge is 0.287 e. The van der Waals surface area contributed by atoms with Crippen molar-refractivity contribution in [2.45, 2.75) is 49.1 Å². The van der Waals surface area contributed by atoms with Crippen LogP contribution in [0, 0.1) is 0 Å². The number of benzene rings is 5. The van der Waals surface area contributed by atoms with Crippen molar-refractivity contribution in [1.82, 2.24) is 0 Å². The van der Waals surface area contributed by atoms with Gasteiger partial charge in [0.2, 0.25) is 0 Å². The van der Waals surface area contributed by atoms with Crippen molar-refractivity contribution in [2.24, 2.45) is 0 Å². The standard InChI is InChI=1S/C44H29N2/c1-23-36-31-11-5-2-9-25(31)19-28-21-29-20-26-10-3-6-12-32(26)40-34-16-14-27-18-24-8-4-7-13-33(24)41-35-17-15-30-22-45(23)44(46(30)35,42(34)37(27)41)43(38(28)36)39(29)40/h2-14,16-17,21,36,40-41H,1,15,18-20H2/q+1. The van der Waals surface area contributed by atoms with Gasteiger partial charge in [0.15, 0.2) is 11.4 Å². The zero-order valence-electron chi connectivity index (χ0n) is 25.4. The Hall–Kier alpha value is -5.08. The monoisotopic (exact) mass is 585 g/mol. The van der Waals surface area contributed by atoms with Crippen LogP contribution in [-0.4, -0.2) is 21.1 Å². The van der Waals surface area contributed by atoms with Crippen LogP contribution in [0.3, 0.4) is 0 Å². The van der Waals surface area contributed by atoms with E-state index in [4.69, 9.17) is 6.58 Å². The van der Waals surface area contributed by atoms with Crippen molar-refractivity contribution in [3.8, 4) is 0 Å². The number of hydrogen-bond acceptors (Lipinski definition) is 0. The first-order chi connectivity index (χ1) is 22.7. The number of nitrogens with zero attached hydrogens (tertiary/aromatic N) is 2. The maximum Gasteiger partial charge on any atom is 0.385 e. The summed E-state index contributed by atoms with van der Waals surface area (Å²) in [6.45, 7) is 5.00. The van der Waals surface area contributed by atoms with Gasteiger partial charge in [-0.15, -0.1) is 11.2 Å². The lowest BCUT2D eigenvalue weighted by atomic mass is 9.55. The van der Waals surface area contributed by atoms with Crippen LogP contribution in [0.2, 0.25) is 0 Å². The van der Waals surface area contributed by atoms with Crippen LogP contribution in [0.15, 0.2) is 115 Å². The largest absolute Gasteiger partial charge is 0.385 e. The van der Waals surface area contributed by atoms with Gasteiger partial charge in [-0.1, -0.05) is 91.0 Å². The molecule has 1 spiro atoms. The highest BCUT2D eigenvalue weighted by Gasteiger charge is 2.73.